The van der Waals surface area contributed by atoms with E-state index in [1.807, 2.05) is 0 Å². The molecular weight excluding hydrogens is 361 g/mol. The van der Waals surface area contributed by atoms with Gasteiger partial charge in [-0.2, -0.15) is 0 Å². The molecule has 0 saturated carbocycles. The number of carbonyl (C=O) groups is 2. The molecule has 1 unspecified atom stereocenters. The molecule has 0 aliphatic heterocycles. The van der Waals surface area contributed by atoms with Crippen LogP contribution in [0.5, 0.6) is 0 Å². The van der Waals surface area contributed by atoms with E-state index < -0.39 is 23.0 Å². The van der Waals surface area contributed by atoms with Crippen molar-refractivity contribution in [2.75, 3.05) is 13.0 Å². The number of hydrogen-bond acceptors (Lipinski definition) is 5. The number of rotatable bonds is 6. The maximum atomic E-state index is 14.2. The molecule has 5 nitrogen and oxygen atoms in total. The standard InChI is InChI=1S/C19H19ClFNO4/c1-25-18(24)19(9-4-5-11-20)10-8-14-15(17(19)23)16(22-26-14)12-6-2-3-7-13(12)21/h2-3,6-7H,4-5,8-11H2,1H3. The lowest BCUT2D eigenvalue weighted by Gasteiger charge is -2.32. The van der Waals surface area contributed by atoms with E-state index >= 15 is 0 Å². The molecular formula is C19H19ClFNO4. The van der Waals surface area contributed by atoms with E-state index in [-0.39, 0.29) is 23.2 Å². The highest BCUT2D eigenvalue weighted by Gasteiger charge is 2.51. The lowest BCUT2D eigenvalue weighted by molar-refractivity contribution is -0.150. The number of nitrogens with zero attached hydrogens (tertiary/aromatic N) is 1. The van der Waals surface area contributed by atoms with Crippen molar-refractivity contribution in [3.05, 3.63) is 41.4 Å². The molecule has 3 rings (SSSR count). The minimum absolute atomic E-state index is 0.133. The largest absolute Gasteiger partial charge is 0.468 e. The fraction of sp³-hybridized carbons (Fsp3) is 0.421. The molecule has 1 aromatic carbocycles. The molecule has 0 amide bonds. The Hall–Kier alpha value is -2.21. The molecule has 0 spiro atoms. The topological polar surface area (TPSA) is 69.4 Å². The Kier molecular flexibility index (Phi) is 5.41. The molecule has 0 bridgehead atoms. The lowest BCUT2D eigenvalue weighted by atomic mass is 9.68. The van der Waals surface area contributed by atoms with Gasteiger partial charge in [0.1, 0.15) is 22.7 Å². The number of carbonyl (C=O) groups excluding carboxylic acids is 2. The SMILES string of the molecule is COC(=O)C1(CCCCCl)CCc2onc(-c3ccccc3F)c2C1=O. The summed E-state index contributed by atoms with van der Waals surface area (Å²) in [6.45, 7) is 0. The highest BCUT2D eigenvalue weighted by Crippen LogP contribution is 2.44. The second-order valence-corrected chi connectivity index (χ2v) is 6.74. The summed E-state index contributed by atoms with van der Waals surface area (Å²) in [6, 6.07) is 6.03. The number of unbranched alkanes of at least 4 members (excludes halogenated alkanes) is 1. The summed E-state index contributed by atoms with van der Waals surface area (Å²) in [5, 5.41) is 3.92. The van der Waals surface area contributed by atoms with Crippen LogP contribution in [0.2, 0.25) is 0 Å². The van der Waals surface area contributed by atoms with Crippen LogP contribution in [0.1, 0.15) is 41.8 Å². The van der Waals surface area contributed by atoms with Crippen molar-refractivity contribution in [3.8, 4) is 11.3 Å². The summed E-state index contributed by atoms with van der Waals surface area (Å²) in [6.07, 6.45) is 2.26. The monoisotopic (exact) mass is 379 g/mol. The molecule has 26 heavy (non-hydrogen) atoms. The average molecular weight is 380 g/mol. The Morgan fingerprint density at radius 2 is 2.15 bits per heavy atom. The first-order chi connectivity index (χ1) is 12.5. The Balaban J connectivity index is 2.07. The van der Waals surface area contributed by atoms with Gasteiger partial charge in [0.2, 0.25) is 0 Å². The smallest absolute Gasteiger partial charge is 0.319 e. The summed E-state index contributed by atoms with van der Waals surface area (Å²) in [5.74, 6) is -0.675. The zero-order chi connectivity index (χ0) is 18.7. The van der Waals surface area contributed by atoms with Crippen LogP contribution in [0.4, 0.5) is 4.39 Å². The number of aromatic nitrogens is 1. The Morgan fingerprint density at radius 3 is 2.85 bits per heavy atom. The van der Waals surface area contributed by atoms with Crippen molar-refractivity contribution in [2.24, 2.45) is 5.41 Å². The maximum Gasteiger partial charge on any atom is 0.319 e. The number of methoxy groups -OCH3 is 1. The van der Waals surface area contributed by atoms with Gasteiger partial charge in [-0.3, -0.25) is 9.59 Å². The maximum absolute atomic E-state index is 14.2. The molecule has 0 fully saturated rings. The van der Waals surface area contributed by atoms with E-state index in [1.165, 1.54) is 19.2 Å². The molecule has 7 heteroatoms. The van der Waals surface area contributed by atoms with E-state index in [2.05, 4.69) is 5.16 Å². The van der Waals surface area contributed by atoms with Gasteiger partial charge in [-0.05, 0) is 31.4 Å². The summed E-state index contributed by atoms with van der Waals surface area (Å²) < 4.78 is 24.4. The van der Waals surface area contributed by atoms with Crippen LogP contribution < -0.4 is 0 Å². The van der Waals surface area contributed by atoms with Crippen LogP contribution in [-0.4, -0.2) is 29.9 Å². The number of Topliss-reactive ketones (excluding diaryl/α,β-unsaturated/α-hetero) is 1. The highest BCUT2D eigenvalue weighted by atomic mass is 35.5. The molecule has 1 atom stereocenters. The number of ether oxygens (including phenoxy) is 1. The Morgan fingerprint density at radius 1 is 1.38 bits per heavy atom. The van der Waals surface area contributed by atoms with Crippen LogP contribution in [-0.2, 0) is 16.0 Å². The van der Waals surface area contributed by atoms with E-state index in [1.54, 1.807) is 12.1 Å². The van der Waals surface area contributed by atoms with Crippen molar-refractivity contribution in [3.63, 3.8) is 0 Å². The minimum Gasteiger partial charge on any atom is -0.468 e. The molecule has 1 aliphatic carbocycles. The van der Waals surface area contributed by atoms with Crippen molar-refractivity contribution >= 4 is 23.4 Å². The van der Waals surface area contributed by atoms with Crippen molar-refractivity contribution in [2.45, 2.75) is 32.1 Å². The van der Waals surface area contributed by atoms with Crippen LogP contribution in [0, 0.1) is 11.2 Å². The predicted octanol–water partition coefficient (Wildman–Crippen LogP) is 4.18. The third-order valence-corrected chi connectivity index (χ3v) is 5.16. The van der Waals surface area contributed by atoms with Gasteiger partial charge in [-0.1, -0.05) is 23.7 Å². The van der Waals surface area contributed by atoms with E-state index in [0.717, 1.165) is 0 Å². The normalized spacial score (nSPS) is 19.3. The van der Waals surface area contributed by atoms with Gasteiger partial charge in [0.05, 0.1) is 12.7 Å². The zero-order valence-corrected chi connectivity index (χ0v) is 15.1. The second-order valence-electron chi connectivity index (χ2n) is 6.36. The first kappa shape index (κ1) is 18.6. The number of esters is 1. The van der Waals surface area contributed by atoms with Gasteiger partial charge in [0.25, 0.3) is 0 Å². The molecule has 0 saturated heterocycles. The fourth-order valence-electron chi connectivity index (χ4n) is 3.50. The van der Waals surface area contributed by atoms with Crippen LogP contribution in [0.25, 0.3) is 11.3 Å². The molecule has 2 aromatic rings. The fourth-order valence-corrected chi connectivity index (χ4v) is 3.69. The number of fused-ring (bicyclic) bond motifs is 1. The predicted molar refractivity (Wildman–Crippen MR) is 93.6 cm³/mol. The molecule has 1 aliphatic rings. The summed E-state index contributed by atoms with van der Waals surface area (Å²) in [5.41, 5.74) is -0.822. The van der Waals surface area contributed by atoms with Gasteiger partial charge in [0.15, 0.2) is 5.78 Å². The number of halogens is 2. The van der Waals surface area contributed by atoms with E-state index in [9.17, 15) is 14.0 Å². The second kappa shape index (κ2) is 7.58. The Labute approximate surface area is 155 Å². The molecule has 138 valence electrons. The quantitative estimate of drug-likeness (QED) is 0.326. The Bertz CT molecular complexity index is 835. The molecule has 0 N–H and O–H groups in total. The zero-order valence-electron chi connectivity index (χ0n) is 14.4. The van der Waals surface area contributed by atoms with Gasteiger partial charge >= 0.3 is 5.97 Å². The molecule has 0 radical (unpaired) electrons. The van der Waals surface area contributed by atoms with Crippen LogP contribution >= 0.6 is 11.6 Å². The third kappa shape index (κ3) is 3.03. The number of hydrogen-bond donors (Lipinski definition) is 0. The van der Waals surface area contributed by atoms with Crippen molar-refractivity contribution in [1.29, 1.82) is 0 Å². The van der Waals surface area contributed by atoms with Gasteiger partial charge in [0, 0.05) is 17.9 Å². The average Bonchev–Trinajstić information content (AvgIpc) is 3.08. The van der Waals surface area contributed by atoms with Crippen LogP contribution in [0.15, 0.2) is 28.8 Å². The third-order valence-electron chi connectivity index (χ3n) is 4.90. The molecule has 1 heterocycles. The summed E-state index contributed by atoms with van der Waals surface area (Å²) in [4.78, 5) is 25.9. The number of ketones is 1. The van der Waals surface area contributed by atoms with Crippen molar-refractivity contribution < 1.29 is 23.2 Å². The minimum atomic E-state index is -1.31. The summed E-state index contributed by atoms with van der Waals surface area (Å²) >= 11 is 5.73. The first-order valence-electron chi connectivity index (χ1n) is 8.48. The van der Waals surface area contributed by atoms with E-state index in [4.69, 9.17) is 20.9 Å². The first-order valence-corrected chi connectivity index (χ1v) is 9.01. The number of aryl methyl sites for hydroxylation is 1. The number of benzene rings is 1. The van der Waals surface area contributed by atoms with Gasteiger partial charge in [-0.15, -0.1) is 11.6 Å². The van der Waals surface area contributed by atoms with Gasteiger partial charge in [-0.25, -0.2) is 4.39 Å². The number of alkyl halides is 1. The highest BCUT2D eigenvalue weighted by molar-refractivity contribution is 6.18. The van der Waals surface area contributed by atoms with Gasteiger partial charge < -0.3 is 9.26 Å². The van der Waals surface area contributed by atoms with E-state index in [0.29, 0.717) is 37.3 Å². The lowest BCUT2D eigenvalue weighted by Crippen LogP contribution is -2.43. The van der Waals surface area contributed by atoms with Crippen molar-refractivity contribution in [1.82, 2.24) is 5.16 Å². The summed E-state index contributed by atoms with van der Waals surface area (Å²) in [7, 11) is 1.26. The molecule has 1 aromatic heterocycles. The van der Waals surface area contributed by atoms with Crippen LogP contribution in [0.3, 0.4) is 0 Å².